The Kier molecular flexibility index (Phi) is 5.27. The van der Waals surface area contributed by atoms with Crippen LogP contribution in [0, 0.1) is 11.3 Å². The number of hydrogen-bond acceptors (Lipinski definition) is 5. The van der Waals surface area contributed by atoms with Crippen LogP contribution in [0.4, 0.5) is 24.5 Å². The summed E-state index contributed by atoms with van der Waals surface area (Å²) in [6.45, 7) is 0. The van der Waals surface area contributed by atoms with Gasteiger partial charge in [-0.15, -0.1) is 0 Å². The SMILES string of the molecule is N#CC1=C(c2ccnc3ccccc23)C(C(F)(F)F)N(c2ccnc3ccccc23)N1c1ccccc1. The number of anilines is 2. The van der Waals surface area contributed by atoms with Crippen molar-refractivity contribution in [2.45, 2.75) is 12.2 Å². The lowest BCUT2D eigenvalue weighted by Crippen LogP contribution is -2.50. The van der Waals surface area contributed by atoms with E-state index in [9.17, 15) is 5.26 Å². The molecule has 5 aromatic rings. The molecular formula is C29H18F3N5. The van der Waals surface area contributed by atoms with Gasteiger partial charge in [0, 0.05) is 28.7 Å². The van der Waals surface area contributed by atoms with Crippen molar-refractivity contribution in [3.05, 3.63) is 115 Å². The molecule has 0 fully saturated rings. The first-order chi connectivity index (χ1) is 18.0. The van der Waals surface area contributed by atoms with Crippen LogP contribution in [-0.2, 0) is 0 Å². The molecule has 1 aliphatic heterocycles. The largest absolute Gasteiger partial charge is 0.415 e. The van der Waals surface area contributed by atoms with Crippen LogP contribution in [-0.4, -0.2) is 22.2 Å². The maximum Gasteiger partial charge on any atom is 0.415 e. The van der Waals surface area contributed by atoms with Gasteiger partial charge in [0.15, 0.2) is 6.04 Å². The Morgan fingerprint density at radius 2 is 1.32 bits per heavy atom. The Morgan fingerprint density at radius 1 is 0.730 bits per heavy atom. The molecule has 0 spiro atoms. The highest BCUT2D eigenvalue weighted by atomic mass is 19.4. The van der Waals surface area contributed by atoms with E-state index in [1.807, 2.05) is 0 Å². The molecule has 0 radical (unpaired) electrons. The second-order valence-electron chi connectivity index (χ2n) is 8.53. The number of halogens is 3. The molecular weight excluding hydrogens is 475 g/mol. The number of nitrogens with zero attached hydrogens (tertiary/aromatic N) is 5. The molecule has 1 aliphatic rings. The molecule has 5 nitrogen and oxygen atoms in total. The van der Waals surface area contributed by atoms with E-state index in [0.717, 1.165) is 0 Å². The quantitative estimate of drug-likeness (QED) is 0.274. The fourth-order valence-corrected chi connectivity index (χ4v) is 4.95. The standard InChI is InChI=1S/C29H18F3N5/c30-29(31,32)28-27(21-14-16-34-23-12-6-4-10-20(21)23)26(18-33)36(19-8-2-1-3-9-19)37(28)25-15-17-35-24-13-7-5-11-22(24)25/h1-17,28H. The van der Waals surface area contributed by atoms with Crippen LogP contribution in [0.5, 0.6) is 0 Å². The van der Waals surface area contributed by atoms with Crippen molar-refractivity contribution in [2.75, 3.05) is 10.0 Å². The molecule has 0 N–H and O–H groups in total. The zero-order chi connectivity index (χ0) is 25.6. The summed E-state index contributed by atoms with van der Waals surface area (Å²) < 4.78 is 45.6. The van der Waals surface area contributed by atoms with Crippen molar-refractivity contribution in [1.29, 1.82) is 5.26 Å². The van der Waals surface area contributed by atoms with Crippen molar-refractivity contribution in [1.82, 2.24) is 9.97 Å². The van der Waals surface area contributed by atoms with Gasteiger partial charge in [0.2, 0.25) is 0 Å². The zero-order valence-electron chi connectivity index (χ0n) is 19.3. The predicted molar refractivity (Wildman–Crippen MR) is 137 cm³/mol. The first-order valence-corrected chi connectivity index (χ1v) is 11.5. The molecule has 0 aliphatic carbocycles. The summed E-state index contributed by atoms with van der Waals surface area (Å²) in [4.78, 5) is 8.67. The third kappa shape index (κ3) is 3.64. The van der Waals surface area contributed by atoms with Crippen LogP contribution in [0.3, 0.4) is 0 Å². The van der Waals surface area contributed by atoms with Crippen LogP contribution in [0.25, 0.3) is 27.4 Å². The van der Waals surface area contributed by atoms with E-state index in [-0.39, 0.29) is 17.0 Å². The van der Waals surface area contributed by atoms with Crippen molar-refractivity contribution in [3.63, 3.8) is 0 Å². The summed E-state index contributed by atoms with van der Waals surface area (Å²) in [7, 11) is 0. The van der Waals surface area contributed by atoms with Gasteiger partial charge in [-0.2, -0.15) is 18.4 Å². The fourth-order valence-electron chi connectivity index (χ4n) is 4.95. The minimum Gasteiger partial charge on any atom is -0.262 e. The van der Waals surface area contributed by atoms with Gasteiger partial charge in [0.05, 0.1) is 22.4 Å². The van der Waals surface area contributed by atoms with E-state index in [1.165, 1.54) is 22.4 Å². The van der Waals surface area contributed by atoms with E-state index < -0.39 is 12.2 Å². The van der Waals surface area contributed by atoms with Crippen LogP contribution < -0.4 is 10.0 Å². The molecule has 0 bridgehead atoms. The molecule has 1 atom stereocenters. The molecule has 0 amide bonds. The molecule has 3 aromatic carbocycles. The molecule has 3 heterocycles. The van der Waals surface area contributed by atoms with E-state index >= 15 is 13.2 Å². The number of aromatic nitrogens is 2. The Balaban J connectivity index is 1.72. The van der Waals surface area contributed by atoms with E-state index in [4.69, 9.17) is 0 Å². The van der Waals surface area contributed by atoms with E-state index in [2.05, 4.69) is 16.0 Å². The number of rotatable bonds is 3. The van der Waals surface area contributed by atoms with Gasteiger partial charge < -0.3 is 0 Å². The maximum atomic E-state index is 15.2. The van der Waals surface area contributed by atoms with Gasteiger partial charge >= 0.3 is 6.18 Å². The van der Waals surface area contributed by atoms with Gasteiger partial charge in [0.1, 0.15) is 11.8 Å². The first kappa shape index (κ1) is 22.6. The Bertz CT molecular complexity index is 1700. The van der Waals surface area contributed by atoms with Crippen molar-refractivity contribution < 1.29 is 13.2 Å². The number of para-hydroxylation sites is 3. The average Bonchev–Trinajstić information content (AvgIpc) is 3.28. The number of nitriles is 1. The molecule has 0 saturated heterocycles. The molecule has 1 unspecified atom stereocenters. The number of fused-ring (bicyclic) bond motifs is 2. The van der Waals surface area contributed by atoms with Crippen molar-refractivity contribution in [2.24, 2.45) is 0 Å². The Morgan fingerprint density at radius 3 is 2.00 bits per heavy atom. The van der Waals surface area contributed by atoms with E-state index in [1.54, 1.807) is 91.0 Å². The maximum absolute atomic E-state index is 15.2. The second kappa shape index (κ2) is 8.64. The lowest BCUT2D eigenvalue weighted by atomic mass is 9.94. The fraction of sp³-hybridized carbons (Fsp3) is 0.0690. The van der Waals surface area contributed by atoms with Crippen molar-refractivity contribution in [3.8, 4) is 6.07 Å². The molecule has 6 rings (SSSR count). The van der Waals surface area contributed by atoms with E-state index in [0.29, 0.717) is 33.1 Å². The van der Waals surface area contributed by atoms with Crippen LogP contribution in [0.1, 0.15) is 5.56 Å². The summed E-state index contributed by atoms with van der Waals surface area (Å²) in [6.07, 6.45) is -1.76. The Hall–Kier alpha value is -4.90. The molecule has 2 aromatic heterocycles. The number of alkyl halides is 3. The lowest BCUT2D eigenvalue weighted by Gasteiger charge is -2.37. The summed E-state index contributed by atoms with van der Waals surface area (Å²) >= 11 is 0. The number of hydrazine groups is 1. The molecule has 8 heteroatoms. The third-order valence-electron chi connectivity index (χ3n) is 6.43. The van der Waals surface area contributed by atoms with Gasteiger partial charge in [-0.05, 0) is 42.0 Å². The highest BCUT2D eigenvalue weighted by molar-refractivity contribution is 6.01. The summed E-state index contributed by atoms with van der Waals surface area (Å²) in [5.74, 6) is 0. The first-order valence-electron chi connectivity index (χ1n) is 11.5. The highest BCUT2D eigenvalue weighted by Gasteiger charge is 2.55. The highest BCUT2D eigenvalue weighted by Crippen LogP contribution is 2.49. The van der Waals surface area contributed by atoms with Gasteiger partial charge in [0.25, 0.3) is 0 Å². The monoisotopic (exact) mass is 493 g/mol. The van der Waals surface area contributed by atoms with Crippen LogP contribution >= 0.6 is 0 Å². The average molecular weight is 493 g/mol. The lowest BCUT2D eigenvalue weighted by molar-refractivity contribution is -0.134. The smallest absolute Gasteiger partial charge is 0.262 e. The normalized spacial score (nSPS) is 16.0. The summed E-state index contributed by atoms with van der Waals surface area (Å²) in [5, 5.41) is 14.0. The molecule has 180 valence electrons. The topological polar surface area (TPSA) is 56.1 Å². The number of hydrogen-bond donors (Lipinski definition) is 0. The van der Waals surface area contributed by atoms with Crippen LogP contribution in [0.15, 0.2) is 109 Å². The summed E-state index contributed by atoms with van der Waals surface area (Å²) in [6, 6.07) is 25.7. The molecule has 0 saturated carbocycles. The third-order valence-corrected chi connectivity index (χ3v) is 6.43. The Labute approximate surface area is 210 Å². The van der Waals surface area contributed by atoms with Crippen LogP contribution in [0.2, 0.25) is 0 Å². The van der Waals surface area contributed by atoms with Gasteiger partial charge in [-0.25, -0.2) is 5.01 Å². The minimum atomic E-state index is -4.73. The predicted octanol–water partition coefficient (Wildman–Crippen LogP) is 6.89. The number of pyridine rings is 2. The number of allylic oxidation sites excluding steroid dienone is 1. The van der Waals surface area contributed by atoms with Gasteiger partial charge in [-0.1, -0.05) is 54.6 Å². The zero-order valence-corrected chi connectivity index (χ0v) is 19.3. The van der Waals surface area contributed by atoms with Gasteiger partial charge in [-0.3, -0.25) is 15.0 Å². The summed E-state index contributed by atoms with van der Waals surface area (Å²) in [5.41, 5.74) is 1.90. The minimum absolute atomic E-state index is 0.106. The van der Waals surface area contributed by atoms with Crippen molar-refractivity contribution >= 4 is 38.8 Å². The molecule has 37 heavy (non-hydrogen) atoms. The number of benzene rings is 3. The second-order valence-corrected chi connectivity index (χ2v) is 8.53.